The van der Waals surface area contributed by atoms with Crippen molar-refractivity contribution in [3.63, 3.8) is 0 Å². The molecule has 0 saturated heterocycles. The molecule has 0 unspecified atom stereocenters. The second-order valence-electron chi connectivity index (χ2n) is 6.11. The van der Waals surface area contributed by atoms with E-state index in [4.69, 9.17) is 0 Å². The summed E-state index contributed by atoms with van der Waals surface area (Å²) in [6, 6.07) is 8.87. The monoisotopic (exact) mass is 427 g/mol. The number of carbonyl (C=O) groups is 1. The maximum Gasteiger partial charge on any atom is 0.437 e. The average molecular weight is 427 g/mol. The van der Waals surface area contributed by atoms with Crippen molar-refractivity contribution in [3.8, 4) is 0 Å². The minimum atomic E-state index is -4.89. The Balaban J connectivity index is 2.20. The van der Waals surface area contributed by atoms with Gasteiger partial charge < -0.3 is 0 Å². The predicted octanol–water partition coefficient (Wildman–Crippen LogP) is 5.47. The molecule has 4 nitrogen and oxygen atoms in total. The molecule has 1 amide bonds. The van der Waals surface area contributed by atoms with Crippen LogP contribution in [0, 0.1) is 18.6 Å². The summed E-state index contributed by atoms with van der Waals surface area (Å²) in [5, 5.41) is 3.45. The van der Waals surface area contributed by atoms with E-state index < -0.39 is 29.2 Å². The van der Waals surface area contributed by atoms with Crippen LogP contribution in [0.1, 0.15) is 11.3 Å². The molecular weight excluding hydrogens is 413 g/mol. The van der Waals surface area contributed by atoms with Gasteiger partial charge in [-0.15, -0.1) is 0 Å². The third kappa shape index (κ3) is 4.26. The molecule has 0 atom stereocenters. The van der Waals surface area contributed by atoms with Crippen LogP contribution < -0.4 is 4.90 Å². The Hall–Kier alpha value is -2.88. The molecule has 0 aliphatic heterocycles. The number of carbonyl (C=O) groups excluding carboxylic acids is 1. The predicted molar refractivity (Wildman–Crippen MR) is 98.1 cm³/mol. The quantitative estimate of drug-likeness (QED) is 0.400. The molecule has 1 aromatic heterocycles. The van der Waals surface area contributed by atoms with E-state index in [-0.39, 0.29) is 17.1 Å². The standard InChI is InChI=1S/C19H14F5N3OS/c1-11-3-8-15(14(21)9-11)27(10-28)16-17(19(22,23)24)25-26(2)18(16)29-13-6-4-12(20)5-7-13/h3-10H,1-2H3. The summed E-state index contributed by atoms with van der Waals surface area (Å²) in [5.41, 5.74) is -1.74. The SMILES string of the molecule is Cc1ccc(N(C=O)c2c(C(F)(F)F)nn(C)c2Sc2ccc(F)cc2)c(F)c1. The molecule has 0 fully saturated rings. The number of aryl methyl sites for hydroxylation is 2. The van der Waals surface area contributed by atoms with Crippen LogP contribution in [0.3, 0.4) is 0 Å². The fourth-order valence-corrected chi connectivity index (χ4v) is 3.63. The first-order valence-corrected chi connectivity index (χ1v) is 9.01. The first-order valence-electron chi connectivity index (χ1n) is 8.20. The van der Waals surface area contributed by atoms with E-state index in [2.05, 4.69) is 5.10 Å². The smallest absolute Gasteiger partial charge is 0.278 e. The van der Waals surface area contributed by atoms with Crippen LogP contribution in [0.15, 0.2) is 52.4 Å². The van der Waals surface area contributed by atoms with E-state index in [9.17, 15) is 26.7 Å². The van der Waals surface area contributed by atoms with E-state index in [0.717, 1.165) is 34.6 Å². The van der Waals surface area contributed by atoms with E-state index in [1.54, 1.807) is 6.92 Å². The van der Waals surface area contributed by atoms with E-state index in [1.807, 2.05) is 0 Å². The molecule has 1 heterocycles. The number of nitrogens with zero attached hydrogens (tertiary/aromatic N) is 3. The lowest BCUT2D eigenvalue weighted by Gasteiger charge is -2.21. The number of halogens is 5. The van der Waals surface area contributed by atoms with Crippen molar-refractivity contribution in [2.45, 2.75) is 23.0 Å². The van der Waals surface area contributed by atoms with E-state index >= 15 is 0 Å². The van der Waals surface area contributed by atoms with Crippen molar-refractivity contribution >= 4 is 29.5 Å². The highest BCUT2D eigenvalue weighted by Crippen LogP contribution is 2.45. The number of amides is 1. The first-order chi connectivity index (χ1) is 13.6. The molecule has 0 radical (unpaired) electrons. The fourth-order valence-electron chi connectivity index (χ4n) is 2.67. The zero-order valence-corrected chi connectivity index (χ0v) is 16.0. The highest BCUT2D eigenvalue weighted by Gasteiger charge is 2.41. The Morgan fingerprint density at radius 2 is 1.76 bits per heavy atom. The van der Waals surface area contributed by atoms with Gasteiger partial charge in [0, 0.05) is 11.9 Å². The zero-order valence-electron chi connectivity index (χ0n) is 15.2. The van der Waals surface area contributed by atoms with Gasteiger partial charge in [-0.2, -0.15) is 18.3 Å². The van der Waals surface area contributed by atoms with Gasteiger partial charge in [0.25, 0.3) is 0 Å². The minimum Gasteiger partial charge on any atom is -0.278 e. The molecule has 0 aliphatic rings. The Kier molecular flexibility index (Phi) is 5.65. The van der Waals surface area contributed by atoms with Gasteiger partial charge in [-0.25, -0.2) is 8.78 Å². The van der Waals surface area contributed by atoms with Gasteiger partial charge in [0.2, 0.25) is 6.41 Å². The summed E-state index contributed by atoms with van der Waals surface area (Å²) in [5.74, 6) is -1.36. The lowest BCUT2D eigenvalue weighted by Crippen LogP contribution is -2.20. The van der Waals surface area contributed by atoms with Crippen molar-refractivity contribution in [2.24, 2.45) is 7.05 Å². The molecule has 0 spiro atoms. The van der Waals surface area contributed by atoms with Crippen molar-refractivity contribution < 1.29 is 26.7 Å². The summed E-state index contributed by atoms with van der Waals surface area (Å²) in [7, 11) is 1.28. The molecule has 0 aliphatic carbocycles. The highest BCUT2D eigenvalue weighted by atomic mass is 32.2. The first kappa shape index (κ1) is 20.8. The van der Waals surface area contributed by atoms with Gasteiger partial charge in [-0.05, 0) is 48.9 Å². The number of alkyl halides is 3. The maximum atomic E-state index is 14.5. The lowest BCUT2D eigenvalue weighted by atomic mass is 10.2. The van der Waals surface area contributed by atoms with Crippen LogP contribution in [0.25, 0.3) is 0 Å². The molecule has 2 aromatic carbocycles. The van der Waals surface area contributed by atoms with Crippen LogP contribution in [-0.2, 0) is 18.0 Å². The van der Waals surface area contributed by atoms with Gasteiger partial charge in [-0.3, -0.25) is 14.4 Å². The Morgan fingerprint density at radius 1 is 1.10 bits per heavy atom. The summed E-state index contributed by atoms with van der Waals surface area (Å²) in [4.78, 5) is 12.8. The van der Waals surface area contributed by atoms with Gasteiger partial charge in [-0.1, -0.05) is 17.8 Å². The Labute approximate surface area is 166 Å². The summed E-state index contributed by atoms with van der Waals surface area (Å²) in [6.07, 6.45) is -4.79. The van der Waals surface area contributed by atoms with Gasteiger partial charge >= 0.3 is 6.18 Å². The van der Waals surface area contributed by atoms with Crippen molar-refractivity contribution in [1.82, 2.24) is 9.78 Å². The normalized spacial score (nSPS) is 11.6. The summed E-state index contributed by atoms with van der Waals surface area (Å²) >= 11 is 0.845. The molecule has 10 heteroatoms. The molecule has 0 saturated carbocycles. The van der Waals surface area contributed by atoms with Crippen LogP contribution in [0.5, 0.6) is 0 Å². The maximum absolute atomic E-state index is 14.5. The van der Waals surface area contributed by atoms with Crippen molar-refractivity contribution in [3.05, 3.63) is 65.4 Å². The third-order valence-corrected chi connectivity index (χ3v) is 5.14. The van der Waals surface area contributed by atoms with Crippen molar-refractivity contribution in [1.29, 1.82) is 0 Å². The number of aromatic nitrogens is 2. The van der Waals surface area contributed by atoms with Crippen LogP contribution in [-0.4, -0.2) is 16.2 Å². The van der Waals surface area contributed by atoms with Crippen LogP contribution in [0.4, 0.5) is 33.3 Å². The van der Waals surface area contributed by atoms with Gasteiger partial charge in [0.15, 0.2) is 5.69 Å². The largest absolute Gasteiger partial charge is 0.437 e. The summed E-state index contributed by atoms with van der Waals surface area (Å²) < 4.78 is 69.5. The highest BCUT2D eigenvalue weighted by molar-refractivity contribution is 7.99. The number of benzene rings is 2. The molecule has 3 rings (SSSR count). The fraction of sp³-hybridized carbons (Fsp3) is 0.158. The number of hydrogen-bond donors (Lipinski definition) is 0. The molecule has 0 bridgehead atoms. The van der Waals surface area contributed by atoms with E-state index in [0.29, 0.717) is 15.4 Å². The topological polar surface area (TPSA) is 38.1 Å². The minimum absolute atomic E-state index is 0.0593. The molecular formula is C19H14F5N3OS. The number of hydrogen-bond acceptors (Lipinski definition) is 3. The number of anilines is 2. The number of rotatable bonds is 5. The van der Waals surface area contributed by atoms with Crippen molar-refractivity contribution in [2.75, 3.05) is 4.90 Å². The van der Waals surface area contributed by atoms with Crippen LogP contribution in [0.2, 0.25) is 0 Å². The Bertz CT molecular complexity index is 1050. The molecule has 152 valence electrons. The molecule has 29 heavy (non-hydrogen) atoms. The molecule has 3 aromatic rings. The second-order valence-corrected chi connectivity index (χ2v) is 7.17. The lowest BCUT2D eigenvalue weighted by molar-refractivity contribution is -0.140. The average Bonchev–Trinajstić information content (AvgIpc) is 2.96. The Morgan fingerprint density at radius 3 is 2.31 bits per heavy atom. The molecule has 0 N–H and O–H groups in total. The summed E-state index contributed by atoms with van der Waals surface area (Å²) in [6.45, 7) is 1.61. The van der Waals surface area contributed by atoms with E-state index in [1.165, 1.54) is 31.3 Å². The second kappa shape index (κ2) is 7.86. The van der Waals surface area contributed by atoms with Gasteiger partial charge in [0.1, 0.15) is 22.3 Å². The van der Waals surface area contributed by atoms with Gasteiger partial charge in [0.05, 0.1) is 5.69 Å². The zero-order chi connectivity index (χ0) is 21.3. The van der Waals surface area contributed by atoms with Crippen LogP contribution >= 0.6 is 11.8 Å². The third-order valence-electron chi connectivity index (χ3n) is 3.98.